The molecule has 1 saturated carbocycles. The summed E-state index contributed by atoms with van der Waals surface area (Å²) in [6.45, 7) is 7.07. The average molecular weight is 211 g/mol. The zero-order chi connectivity index (χ0) is 11.3. The van der Waals surface area contributed by atoms with Gasteiger partial charge in [-0.05, 0) is 44.1 Å². The van der Waals surface area contributed by atoms with Gasteiger partial charge in [0.15, 0.2) is 0 Å². The van der Waals surface area contributed by atoms with Gasteiger partial charge in [-0.3, -0.25) is 0 Å². The lowest BCUT2D eigenvalue weighted by Crippen LogP contribution is -2.31. The van der Waals surface area contributed by atoms with Crippen molar-refractivity contribution in [1.29, 1.82) is 0 Å². The second-order valence-corrected chi connectivity index (χ2v) is 5.85. The van der Waals surface area contributed by atoms with Crippen LogP contribution in [0.3, 0.4) is 0 Å². The van der Waals surface area contributed by atoms with Crippen molar-refractivity contribution in [2.45, 2.75) is 65.3 Å². The Morgan fingerprint density at radius 3 is 2.53 bits per heavy atom. The number of hydrogen-bond donors (Lipinski definition) is 1. The van der Waals surface area contributed by atoms with Gasteiger partial charge in [0.2, 0.25) is 0 Å². The molecular weight excluding hydrogens is 182 g/mol. The first kappa shape index (κ1) is 13.0. The number of rotatable bonds is 5. The Hall–Kier alpha value is -0.0400. The molecule has 90 valence electrons. The van der Waals surface area contributed by atoms with Crippen LogP contribution >= 0.6 is 0 Å². The van der Waals surface area contributed by atoms with Crippen LogP contribution in [-0.2, 0) is 0 Å². The molecule has 0 amide bonds. The molecule has 1 aliphatic rings. The van der Waals surface area contributed by atoms with Gasteiger partial charge < -0.3 is 5.32 Å². The maximum Gasteiger partial charge on any atom is 0.00871 e. The number of hydrogen-bond acceptors (Lipinski definition) is 1. The first-order valence-corrected chi connectivity index (χ1v) is 6.80. The standard InChI is InChI=1S/C14H29N/c1-11(2)14(15-4)9-8-13-7-5-6-12(3)10-13/h11-15H,5-10H2,1-4H3. The van der Waals surface area contributed by atoms with E-state index in [1.54, 1.807) is 0 Å². The van der Waals surface area contributed by atoms with Crippen LogP contribution in [0, 0.1) is 17.8 Å². The second-order valence-electron chi connectivity index (χ2n) is 5.85. The Labute approximate surface area is 96.0 Å². The summed E-state index contributed by atoms with van der Waals surface area (Å²) in [5.74, 6) is 2.77. The fourth-order valence-corrected chi connectivity index (χ4v) is 3.05. The minimum Gasteiger partial charge on any atom is -0.317 e. The molecule has 3 unspecified atom stereocenters. The van der Waals surface area contributed by atoms with E-state index >= 15 is 0 Å². The third kappa shape index (κ3) is 4.55. The molecule has 1 fully saturated rings. The topological polar surface area (TPSA) is 12.0 Å². The summed E-state index contributed by atoms with van der Waals surface area (Å²) in [6.07, 6.45) is 8.71. The minimum absolute atomic E-state index is 0.724. The SMILES string of the molecule is CNC(CCC1CCCC(C)C1)C(C)C. The molecule has 0 radical (unpaired) electrons. The van der Waals surface area contributed by atoms with Crippen LogP contribution < -0.4 is 5.32 Å². The van der Waals surface area contributed by atoms with Gasteiger partial charge in [0.05, 0.1) is 0 Å². The van der Waals surface area contributed by atoms with Crippen molar-refractivity contribution in [1.82, 2.24) is 5.32 Å². The summed E-state index contributed by atoms with van der Waals surface area (Å²) in [5, 5.41) is 3.45. The molecule has 0 bridgehead atoms. The van der Waals surface area contributed by atoms with E-state index in [4.69, 9.17) is 0 Å². The smallest absolute Gasteiger partial charge is 0.00871 e. The fraction of sp³-hybridized carbons (Fsp3) is 1.00. The van der Waals surface area contributed by atoms with Gasteiger partial charge in [-0.1, -0.05) is 40.0 Å². The van der Waals surface area contributed by atoms with Crippen molar-refractivity contribution < 1.29 is 0 Å². The van der Waals surface area contributed by atoms with Crippen LogP contribution in [0.2, 0.25) is 0 Å². The Bertz CT molecular complexity index is 165. The van der Waals surface area contributed by atoms with E-state index in [0.717, 1.165) is 23.8 Å². The molecule has 1 nitrogen and oxygen atoms in total. The molecule has 0 aliphatic heterocycles. The Morgan fingerprint density at radius 2 is 2.00 bits per heavy atom. The monoisotopic (exact) mass is 211 g/mol. The molecule has 0 aromatic heterocycles. The van der Waals surface area contributed by atoms with Gasteiger partial charge in [0.1, 0.15) is 0 Å². The minimum atomic E-state index is 0.724. The third-order valence-electron chi connectivity index (χ3n) is 4.11. The second kappa shape index (κ2) is 6.52. The maximum absolute atomic E-state index is 3.45. The van der Waals surface area contributed by atoms with Crippen molar-refractivity contribution >= 4 is 0 Å². The Balaban J connectivity index is 2.23. The van der Waals surface area contributed by atoms with Crippen LogP contribution in [0.5, 0.6) is 0 Å². The van der Waals surface area contributed by atoms with E-state index < -0.39 is 0 Å². The van der Waals surface area contributed by atoms with Gasteiger partial charge >= 0.3 is 0 Å². The summed E-state index contributed by atoms with van der Waals surface area (Å²) in [5.41, 5.74) is 0. The predicted octanol–water partition coefficient (Wildman–Crippen LogP) is 3.84. The first-order valence-electron chi connectivity index (χ1n) is 6.80. The molecule has 1 aliphatic carbocycles. The quantitative estimate of drug-likeness (QED) is 0.728. The molecule has 0 heterocycles. The van der Waals surface area contributed by atoms with Crippen LogP contribution in [0.1, 0.15) is 59.3 Å². The third-order valence-corrected chi connectivity index (χ3v) is 4.11. The molecule has 0 aromatic carbocycles. The van der Waals surface area contributed by atoms with Crippen LogP contribution in [0.15, 0.2) is 0 Å². The lowest BCUT2D eigenvalue weighted by atomic mass is 9.79. The van der Waals surface area contributed by atoms with E-state index in [-0.39, 0.29) is 0 Å². The molecule has 1 heteroatoms. The molecular formula is C14H29N. The summed E-state index contributed by atoms with van der Waals surface area (Å²) in [4.78, 5) is 0. The summed E-state index contributed by atoms with van der Waals surface area (Å²) in [7, 11) is 2.11. The van der Waals surface area contributed by atoms with Crippen molar-refractivity contribution in [3.8, 4) is 0 Å². The highest BCUT2D eigenvalue weighted by molar-refractivity contribution is 4.75. The molecule has 0 aromatic rings. The van der Waals surface area contributed by atoms with Crippen molar-refractivity contribution in [2.24, 2.45) is 17.8 Å². The lowest BCUT2D eigenvalue weighted by molar-refractivity contribution is 0.249. The van der Waals surface area contributed by atoms with Crippen molar-refractivity contribution in [3.05, 3.63) is 0 Å². The van der Waals surface area contributed by atoms with E-state index in [2.05, 4.69) is 33.1 Å². The molecule has 0 spiro atoms. The molecule has 3 atom stereocenters. The van der Waals surface area contributed by atoms with E-state index in [9.17, 15) is 0 Å². The molecule has 15 heavy (non-hydrogen) atoms. The van der Waals surface area contributed by atoms with Crippen LogP contribution in [0.4, 0.5) is 0 Å². The van der Waals surface area contributed by atoms with E-state index in [1.807, 2.05) is 0 Å². The lowest BCUT2D eigenvalue weighted by Gasteiger charge is -2.29. The van der Waals surface area contributed by atoms with Gasteiger partial charge in [0.25, 0.3) is 0 Å². The summed E-state index contributed by atoms with van der Waals surface area (Å²) in [6, 6.07) is 0.724. The first-order chi connectivity index (χ1) is 7.13. The summed E-state index contributed by atoms with van der Waals surface area (Å²) >= 11 is 0. The Morgan fingerprint density at radius 1 is 1.27 bits per heavy atom. The number of nitrogens with one attached hydrogen (secondary N) is 1. The van der Waals surface area contributed by atoms with Gasteiger partial charge in [-0.15, -0.1) is 0 Å². The van der Waals surface area contributed by atoms with Crippen LogP contribution in [-0.4, -0.2) is 13.1 Å². The van der Waals surface area contributed by atoms with Crippen molar-refractivity contribution in [2.75, 3.05) is 7.05 Å². The largest absolute Gasteiger partial charge is 0.317 e. The average Bonchev–Trinajstić information content (AvgIpc) is 2.18. The molecule has 1 N–H and O–H groups in total. The van der Waals surface area contributed by atoms with Gasteiger partial charge in [-0.25, -0.2) is 0 Å². The zero-order valence-electron chi connectivity index (χ0n) is 11.1. The van der Waals surface area contributed by atoms with Crippen LogP contribution in [0.25, 0.3) is 0 Å². The Kier molecular flexibility index (Phi) is 5.66. The molecule has 0 saturated heterocycles. The summed E-state index contributed by atoms with van der Waals surface area (Å²) < 4.78 is 0. The normalized spacial score (nSPS) is 29.4. The highest BCUT2D eigenvalue weighted by Gasteiger charge is 2.20. The van der Waals surface area contributed by atoms with Crippen molar-refractivity contribution in [3.63, 3.8) is 0 Å². The van der Waals surface area contributed by atoms with Gasteiger partial charge in [0, 0.05) is 6.04 Å². The van der Waals surface area contributed by atoms with Gasteiger partial charge in [-0.2, -0.15) is 0 Å². The fourth-order valence-electron chi connectivity index (χ4n) is 3.05. The maximum atomic E-state index is 3.45. The zero-order valence-corrected chi connectivity index (χ0v) is 11.1. The molecule has 1 rings (SSSR count). The van der Waals surface area contributed by atoms with E-state index in [1.165, 1.54) is 38.5 Å². The van der Waals surface area contributed by atoms with E-state index in [0.29, 0.717) is 0 Å². The highest BCUT2D eigenvalue weighted by atomic mass is 14.9. The highest BCUT2D eigenvalue weighted by Crippen LogP contribution is 2.32. The predicted molar refractivity (Wildman–Crippen MR) is 68.0 cm³/mol.